The molecule has 2 saturated heterocycles. The van der Waals surface area contributed by atoms with Gasteiger partial charge < -0.3 is 15.1 Å². The molecule has 27 heavy (non-hydrogen) atoms. The fourth-order valence-electron chi connectivity index (χ4n) is 4.46. The van der Waals surface area contributed by atoms with Crippen molar-refractivity contribution in [2.75, 3.05) is 52.9 Å². The quantitative estimate of drug-likeness (QED) is 0.698. The van der Waals surface area contributed by atoms with Crippen LogP contribution in [0.3, 0.4) is 0 Å². The van der Waals surface area contributed by atoms with E-state index in [9.17, 15) is 9.59 Å². The molecule has 1 N–H and O–H groups in total. The molecule has 156 valence electrons. The topological polar surface area (TPSA) is 55.9 Å². The first kappa shape index (κ1) is 22.2. The minimum Gasteiger partial charge on any atom is -0.355 e. The van der Waals surface area contributed by atoms with Gasteiger partial charge in [-0.1, -0.05) is 27.2 Å². The van der Waals surface area contributed by atoms with Gasteiger partial charge in [-0.2, -0.15) is 0 Å². The van der Waals surface area contributed by atoms with Gasteiger partial charge in [0.1, 0.15) is 0 Å². The Morgan fingerprint density at radius 1 is 1.11 bits per heavy atom. The zero-order valence-corrected chi connectivity index (χ0v) is 18.1. The smallest absolute Gasteiger partial charge is 0.228 e. The second-order valence-electron chi connectivity index (χ2n) is 8.71. The molecule has 2 amide bonds. The first-order valence-corrected chi connectivity index (χ1v) is 10.8. The van der Waals surface area contributed by atoms with E-state index < -0.39 is 0 Å². The highest BCUT2D eigenvalue weighted by molar-refractivity contribution is 5.82. The number of carbonyl (C=O) groups excluding carboxylic acids is 2. The van der Waals surface area contributed by atoms with E-state index in [0.717, 1.165) is 65.0 Å². The van der Waals surface area contributed by atoms with E-state index in [1.165, 1.54) is 0 Å². The summed E-state index contributed by atoms with van der Waals surface area (Å²) in [5, 5.41) is 3.12. The molecule has 6 nitrogen and oxygen atoms in total. The van der Waals surface area contributed by atoms with Crippen molar-refractivity contribution in [3.05, 3.63) is 0 Å². The molecular weight excluding hydrogens is 340 g/mol. The molecule has 2 rings (SSSR count). The fraction of sp³-hybridized carbons (Fsp3) is 0.905. The minimum atomic E-state index is -0.212. The lowest BCUT2D eigenvalue weighted by atomic mass is 9.81. The number of piperazine rings is 1. The van der Waals surface area contributed by atoms with Gasteiger partial charge in [0.2, 0.25) is 11.8 Å². The molecule has 0 aliphatic carbocycles. The third-order valence-corrected chi connectivity index (χ3v) is 6.89. The molecule has 0 saturated carbocycles. The molecule has 3 atom stereocenters. The number of hydrogen-bond donors (Lipinski definition) is 1. The van der Waals surface area contributed by atoms with Crippen LogP contribution in [0.4, 0.5) is 0 Å². The third kappa shape index (κ3) is 5.44. The molecule has 2 aliphatic rings. The number of likely N-dealkylation sites (tertiary alicyclic amines) is 1. The van der Waals surface area contributed by atoms with Crippen LogP contribution in [0.15, 0.2) is 0 Å². The highest BCUT2D eigenvalue weighted by atomic mass is 16.2. The summed E-state index contributed by atoms with van der Waals surface area (Å²) in [7, 11) is 2.09. The van der Waals surface area contributed by atoms with Gasteiger partial charge in [-0.3, -0.25) is 14.5 Å². The molecule has 0 bridgehead atoms. The molecule has 1 unspecified atom stereocenters. The van der Waals surface area contributed by atoms with Crippen molar-refractivity contribution in [3.8, 4) is 0 Å². The van der Waals surface area contributed by atoms with Gasteiger partial charge in [0.05, 0.1) is 5.92 Å². The van der Waals surface area contributed by atoms with Crippen LogP contribution < -0.4 is 5.32 Å². The summed E-state index contributed by atoms with van der Waals surface area (Å²) in [6, 6.07) is 0.329. The molecule has 2 fully saturated rings. The molecule has 2 aliphatic heterocycles. The van der Waals surface area contributed by atoms with Crippen LogP contribution in [-0.2, 0) is 9.59 Å². The second-order valence-corrected chi connectivity index (χ2v) is 8.71. The first-order chi connectivity index (χ1) is 12.8. The van der Waals surface area contributed by atoms with Crippen molar-refractivity contribution in [3.63, 3.8) is 0 Å². The molecule has 0 radical (unpaired) electrons. The molecule has 0 aromatic rings. The number of amides is 2. The van der Waals surface area contributed by atoms with Crippen LogP contribution in [-0.4, -0.2) is 85.4 Å². The SMILES string of the molecule is CCCC(C)(CC)C(=O)N1CCN(CCNC(=O)[C@@H]2CCN(C)[C@@H]2C)CC1. The molecule has 2 heterocycles. The molecule has 0 spiro atoms. The summed E-state index contributed by atoms with van der Waals surface area (Å²) < 4.78 is 0. The monoisotopic (exact) mass is 380 g/mol. The predicted octanol–water partition coefficient (Wildman–Crippen LogP) is 1.80. The van der Waals surface area contributed by atoms with Crippen molar-refractivity contribution in [2.24, 2.45) is 11.3 Å². The lowest BCUT2D eigenvalue weighted by Crippen LogP contribution is -2.53. The Hall–Kier alpha value is -1.14. The van der Waals surface area contributed by atoms with E-state index in [4.69, 9.17) is 0 Å². The Morgan fingerprint density at radius 2 is 1.78 bits per heavy atom. The Balaban J connectivity index is 1.70. The van der Waals surface area contributed by atoms with Crippen molar-refractivity contribution < 1.29 is 9.59 Å². The van der Waals surface area contributed by atoms with E-state index >= 15 is 0 Å². The third-order valence-electron chi connectivity index (χ3n) is 6.89. The van der Waals surface area contributed by atoms with E-state index in [-0.39, 0.29) is 17.2 Å². The zero-order chi connectivity index (χ0) is 20.0. The average Bonchev–Trinajstić information content (AvgIpc) is 3.00. The summed E-state index contributed by atoms with van der Waals surface area (Å²) in [4.78, 5) is 31.9. The summed E-state index contributed by atoms with van der Waals surface area (Å²) in [5.41, 5.74) is -0.212. The maximum Gasteiger partial charge on any atom is 0.228 e. The second kappa shape index (κ2) is 9.87. The summed E-state index contributed by atoms with van der Waals surface area (Å²) in [6.07, 6.45) is 3.87. The zero-order valence-electron chi connectivity index (χ0n) is 18.1. The first-order valence-electron chi connectivity index (χ1n) is 10.8. The Kier molecular flexibility index (Phi) is 8.10. The summed E-state index contributed by atoms with van der Waals surface area (Å²) >= 11 is 0. The van der Waals surface area contributed by atoms with Gasteiger partial charge >= 0.3 is 0 Å². The van der Waals surface area contributed by atoms with Crippen molar-refractivity contribution in [1.29, 1.82) is 0 Å². The van der Waals surface area contributed by atoms with Gasteiger partial charge in [-0.15, -0.1) is 0 Å². The van der Waals surface area contributed by atoms with E-state index in [1.807, 2.05) is 4.90 Å². The number of carbonyl (C=O) groups is 2. The van der Waals surface area contributed by atoms with Crippen LogP contribution in [0.1, 0.15) is 53.4 Å². The van der Waals surface area contributed by atoms with Gasteiger partial charge in [0, 0.05) is 50.7 Å². The minimum absolute atomic E-state index is 0.120. The largest absolute Gasteiger partial charge is 0.355 e. The van der Waals surface area contributed by atoms with E-state index in [1.54, 1.807) is 0 Å². The molecular formula is C21H40N4O2. The van der Waals surface area contributed by atoms with Gasteiger partial charge in [0.25, 0.3) is 0 Å². The summed E-state index contributed by atoms with van der Waals surface area (Å²) in [5.74, 6) is 0.632. The maximum absolute atomic E-state index is 12.9. The van der Waals surface area contributed by atoms with Crippen LogP contribution in [0.5, 0.6) is 0 Å². The Morgan fingerprint density at radius 3 is 2.30 bits per heavy atom. The predicted molar refractivity (Wildman–Crippen MR) is 110 cm³/mol. The lowest BCUT2D eigenvalue weighted by molar-refractivity contribution is -0.143. The number of rotatable bonds is 8. The molecule has 0 aromatic carbocycles. The van der Waals surface area contributed by atoms with E-state index in [2.05, 4.69) is 49.9 Å². The van der Waals surface area contributed by atoms with Crippen molar-refractivity contribution in [2.45, 2.75) is 59.4 Å². The Labute approximate surface area is 165 Å². The number of hydrogen-bond acceptors (Lipinski definition) is 4. The average molecular weight is 381 g/mol. The fourth-order valence-corrected chi connectivity index (χ4v) is 4.46. The van der Waals surface area contributed by atoms with Crippen molar-refractivity contribution >= 4 is 11.8 Å². The lowest BCUT2D eigenvalue weighted by Gasteiger charge is -2.39. The molecule has 6 heteroatoms. The van der Waals surface area contributed by atoms with Crippen LogP contribution in [0, 0.1) is 11.3 Å². The van der Waals surface area contributed by atoms with Gasteiger partial charge in [-0.25, -0.2) is 0 Å². The van der Waals surface area contributed by atoms with E-state index in [0.29, 0.717) is 18.5 Å². The Bertz CT molecular complexity index is 504. The van der Waals surface area contributed by atoms with Crippen LogP contribution in [0.2, 0.25) is 0 Å². The van der Waals surface area contributed by atoms with Crippen LogP contribution >= 0.6 is 0 Å². The van der Waals surface area contributed by atoms with Crippen molar-refractivity contribution in [1.82, 2.24) is 20.0 Å². The standard InChI is InChI=1S/C21H40N4O2/c1-6-9-21(4,7-2)20(27)25-15-13-24(14-16-25)12-10-22-19(26)18-8-11-23(5)17(18)3/h17-18H,6-16H2,1-5H3,(H,22,26)/t17-,18-,21?/m1/s1. The van der Waals surface area contributed by atoms with Crippen LogP contribution in [0.25, 0.3) is 0 Å². The number of nitrogens with one attached hydrogen (secondary N) is 1. The molecule has 0 aromatic heterocycles. The maximum atomic E-state index is 12.9. The normalized spacial score (nSPS) is 26.8. The highest BCUT2D eigenvalue weighted by Gasteiger charge is 2.36. The van der Waals surface area contributed by atoms with Gasteiger partial charge in [-0.05, 0) is 39.8 Å². The van der Waals surface area contributed by atoms with Gasteiger partial charge in [0.15, 0.2) is 0 Å². The highest BCUT2D eigenvalue weighted by Crippen LogP contribution is 2.30. The summed E-state index contributed by atoms with van der Waals surface area (Å²) in [6.45, 7) is 14.5. The number of nitrogens with zero attached hydrogens (tertiary/aromatic N) is 3.